The first kappa shape index (κ1) is 13.4. The number of hydrogen-bond donors (Lipinski definition) is 1. The molecule has 0 saturated carbocycles. The van der Waals surface area contributed by atoms with Crippen molar-refractivity contribution >= 4 is 29.3 Å². The SMILES string of the molecule is Cc1c(Cl)cccc1NC(=O)/C=C/c1ccccc1. The second-order valence-corrected chi connectivity index (χ2v) is 4.55. The monoisotopic (exact) mass is 271 g/mol. The summed E-state index contributed by atoms with van der Waals surface area (Å²) in [6, 6.07) is 15.1. The average molecular weight is 272 g/mol. The third kappa shape index (κ3) is 3.70. The summed E-state index contributed by atoms with van der Waals surface area (Å²) in [7, 11) is 0. The van der Waals surface area contributed by atoms with Crippen molar-refractivity contribution in [1.82, 2.24) is 0 Å². The molecule has 2 rings (SSSR count). The molecule has 19 heavy (non-hydrogen) atoms. The highest BCUT2D eigenvalue weighted by molar-refractivity contribution is 6.31. The van der Waals surface area contributed by atoms with Crippen LogP contribution in [0.25, 0.3) is 6.08 Å². The fourth-order valence-electron chi connectivity index (χ4n) is 1.65. The van der Waals surface area contributed by atoms with E-state index >= 15 is 0 Å². The summed E-state index contributed by atoms with van der Waals surface area (Å²) in [5.41, 5.74) is 2.58. The topological polar surface area (TPSA) is 29.1 Å². The second kappa shape index (κ2) is 6.21. The van der Waals surface area contributed by atoms with Crippen molar-refractivity contribution in [3.8, 4) is 0 Å². The number of amides is 1. The highest BCUT2D eigenvalue weighted by atomic mass is 35.5. The Morgan fingerprint density at radius 3 is 2.58 bits per heavy atom. The Hall–Kier alpha value is -2.06. The number of carbonyl (C=O) groups excluding carboxylic acids is 1. The minimum Gasteiger partial charge on any atom is -0.322 e. The standard InChI is InChI=1S/C16H14ClNO/c1-12-14(17)8-5-9-15(12)18-16(19)11-10-13-6-3-2-4-7-13/h2-11H,1H3,(H,18,19)/b11-10+. The van der Waals surface area contributed by atoms with E-state index in [4.69, 9.17) is 11.6 Å². The molecule has 0 aromatic heterocycles. The van der Waals surface area contributed by atoms with E-state index in [9.17, 15) is 4.79 Å². The molecular weight excluding hydrogens is 258 g/mol. The Balaban J connectivity index is 2.06. The van der Waals surface area contributed by atoms with Crippen LogP contribution < -0.4 is 5.32 Å². The molecule has 0 unspecified atom stereocenters. The van der Waals surface area contributed by atoms with Crippen LogP contribution in [0.15, 0.2) is 54.6 Å². The van der Waals surface area contributed by atoms with E-state index < -0.39 is 0 Å². The van der Waals surface area contributed by atoms with Gasteiger partial charge in [-0.1, -0.05) is 48.0 Å². The zero-order valence-corrected chi connectivity index (χ0v) is 11.3. The molecule has 3 heteroatoms. The lowest BCUT2D eigenvalue weighted by Gasteiger charge is -2.07. The third-order valence-corrected chi connectivity index (χ3v) is 3.16. The maximum atomic E-state index is 11.8. The zero-order chi connectivity index (χ0) is 13.7. The van der Waals surface area contributed by atoms with Gasteiger partial charge in [-0.15, -0.1) is 0 Å². The first-order valence-corrected chi connectivity index (χ1v) is 6.34. The van der Waals surface area contributed by atoms with Crippen LogP contribution >= 0.6 is 11.6 Å². The van der Waals surface area contributed by atoms with E-state index in [2.05, 4.69) is 5.32 Å². The number of rotatable bonds is 3. The van der Waals surface area contributed by atoms with Crippen molar-refractivity contribution in [2.45, 2.75) is 6.92 Å². The van der Waals surface area contributed by atoms with Crippen LogP contribution in [-0.4, -0.2) is 5.91 Å². The molecular formula is C16H14ClNO. The number of anilines is 1. The molecule has 1 N–H and O–H groups in total. The van der Waals surface area contributed by atoms with Crippen molar-refractivity contribution in [1.29, 1.82) is 0 Å². The summed E-state index contributed by atoms with van der Waals surface area (Å²) in [5.74, 6) is -0.172. The van der Waals surface area contributed by atoms with E-state index in [-0.39, 0.29) is 5.91 Å². The summed E-state index contributed by atoms with van der Waals surface area (Å²) < 4.78 is 0. The Bertz CT molecular complexity index is 605. The molecule has 2 nitrogen and oxygen atoms in total. The largest absolute Gasteiger partial charge is 0.322 e. The van der Waals surface area contributed by atoms with E-state index in [1.165, 1.54) is 6.08 Å². The Labute approximate surface area is 117 Å². The molecule has 0 saturated heterocycles. The molecule has 0 spiro atoms. The molecule has 0 aliphatic carbocycles. The number of halogens is 1. The summed E-state index contributed by atoms with van der Waals surface area (Å²) in [5, 5.41) is 3.45. The molecule has 0 radical (unpaired) electrons. The molecule has 0 atom stereocenters. The fourth-order valence-corrected chi connectivity index (χ4v) is 1.83. The van der Waals surface area contributed by atoms with Gasteiger partial charge in [0.2, 0.25) is 5.91 Å². The van der Waals surface area contributed by atoms with Crippen molar-refractivity contribution < 1.29 is 4.79 Å². The third-order valence-electron chi connectivity index (χ3n) is 2.75. The van der Waals surface area contributed by atoms with E-state index in [0.717, 1.165) is 16.8 Å². The smallest absolute Gasteiger partial charge is 0.248 e. The average Bonchev–Trinajstić information content (AvgIpc) is 2.43. The summed E-state index contributed by atoms with van der Waals surface area (Å²) in [4.78, 5) is 11.8. The van der Waals surface area contributed by atoms with Crippen LogP contribution in [0, 0.1) is 6.92 Å². The maximum absolute atomic E-state index is 11.8. The molecule has 2 aromatic rings. The van der Waals surface area contributed by atoms with Crippen molar-refractivity contribution in [2.75, 3.05) is 5.32 Å². The minimum atomic E-state index is -0.172. The second-order valence-electron chi connectivity index (χ2n) is 4.15. The number of carbonyl (C=O) groups is 1. The minimum absolute atomic E-state index is 0.172. The summed E-state index contributed by atoms with van der Waals surface area (Å²) in [6.07, 6.45) is 3.28. The van der Waals surface area contributed by atoms with Gasteiger partial charge in [0.25, 0.3) is 0 Å². The van der Waals surface area contributed by atoms with Crippen LogP contribution in [0.1, 0.15) is 11.1 Å². The van der Waals surface area contributed by atoms with Gasteiger partial charge in [0.1, 0.15) is 0 Å². The van der Waals surface area contributed by atoms with Gasteiger partial charge in [0.15, 0.2) is 0 Å². The van der Waals surface area contributed by atoms with Gasteiger partial charge in [0.05, 0.1) is 0 Å². The van der Waals surface area contributed by atoms with Gasteiger partial charge in [0, 0.05) is 16.8 Å². The fraction of sp³-hybridized carbons (Fsp3) is 0.0625. The Morgan fingerprint density at radius 2 is 1.84 bits per heavy atom. The van der Waals surface area contributed by atoms with Crippen LogP contribution in [0.5, 0.6) is 0 Å². The highest BCUT2D eigenvalue weighted by Crippen LogP contribution is 2.22. The zero-order valence-electron chi connectivity index (χ0n) is 10.6. The van der Waals surface area contributed by atoms with E-state index in [1.807, 2.05) is 49.4 Å². The first-order chi connectivity index (χ1) is 9.16. The van der Waals surface area contributed by atoms with Crippen LogP contribution in [-0.2, 0) is 4.79 Å². The van der Waals surface area contributed by atoms with Crippen molar-refractivity contribution in [3.05, 3.63) is 70.8 Å². The van der Waals surface area contributed by atoms with E-state index in [0.29, 0.717) is 5.02 Å². The van der Waals surface area contributed by atoms with Gasteiger partial charge in [-0.2, -0.15) is 0 Å². The Morgan fingerprint density at radius 1 is 1.11 bits per heavy atom. The summed E-state index contributed by atoms with van der Waals surface area (Å²) >= 11 is 6.00. The Kier molecular flexibility index (Phi) is 4.37. The molecule has 2 aromatic carbocycles. The molecule has 0 fully saturated rings. The van der Waals surface area contributed by atoms with Gasteiger partial charge < -0.3 is 5.32 Å². The molecule has 0 heterocycles. The van der Waals surface area contributed by atoms with Crippen LogP contribution in [0.4, 0.5) is 5.69 Å². The summed E-state index contributed by atoms with van der Waals surface area (Å²) in [6.45, 7) is 1.87. The number of nitrogens with one attached hydrogen (secondary N) is 1. The highest BCUT2D eigenvalue weighted by Gasteiger charge is 2.03. The van der Waals surface area contributed by atoms with E-state index in [1.54, 1.807) is 12.1 Å². The van der Waals surface area contributed by atoms with Gasteiger partial charge in [-0.05, 0) is 36.3 Å². The van der Waals surface area contributed by atoms with Crippen molar-refractivity contribution in [3.63, 3.8) is 0 Å². The molecule has 1 amide bonds. The lowest BCUT2D eigenvalue weighted by atomic mass is 10.2. The maximum Gasteiger partial charge on any atom is 0.248 e. The predicted octanol–water partition coefficient (Wildman–Crippen LogP) is 4.30. The number of hydrogen-bond acceptors (Lipinski definition) is 1. The van der Waals surface area contributed by atoms with Gasteiger partial charge >= 0.3 is 0 Å². The molecule has 0 bridgehead atoms. The molecule has 0 aliphatic heterocycles. The lowest BCUT2D eigenvalue weighted by Crippen LogP contribution is -2.08. The van der Waals surface area contributed by atoms with Gasteiger partial charge in [-0.25, -0.2) is 0 Å². The predicted molar refractivity (Wildman–Crippen MR) is 80.3 cm³/mol. The molecule has 0 aliphatic rings. The molecule has 96 valence electrons. The van der Waals surface area contributed by atoms with Crippen molar-refractivity contribution in [2.24, 2.45) is 0 Å². The number of benzene rings is 2. The van der Waals surface area contributed by atoms with Gasteiger partial charge in [-0.3, -0.25) is 4.79 Å². The lowest BCUT2D eigenvalue weighted by molar-refractivity contribution is -0.111. The quantitative estimate of drug-likeness (QED) is 0.829. The first-order valence-electron chi connectivity index (χ1n) is 5.96. The van der Waals surface area contributed by atoms with Crippen LogP contribution in [0.3, 0.4) is 0 Å². The normalized spacial score (nSPS) is 10.6. The van der Waals surface area contributed by atoms with Crippen LogP contribution in [0.2, 0.25) is 5.02 Å².